The largest absolute Gasteiger partial charge is 0.441 e. The van der Waals surface area contributed by atoms with Crippen LogP contribution in [0.4, 0.5) is 16.4 Å². The molecule has 3 heterocycles. The summed E-state index contributed by atoms with van der Waals surface area (Å²) in [5.74, 6) is 0.596. The number of imidazole rings is 1. The van der Waals surface area contributed by atoms with E-state index in [9.17, 15) is 10.1 Å². The number of hydrogen-bond donors (Lipinski definition) is 0. The Labute approximate surface area is 192 Å². The topological polar surface area (TPSA) is 100 Å². The van der Waals surface area contributed by atoms with Crippen LogP contribution in [0.25, 0.3) is 11.0 Å². The fourth-order valence-electron chi connectivity index (χ4n) is 5.32. The van der Waals surface area contributed by atoms with Crippen LogP contribution >= 0.6 is 0 Å². The van der Waals surface area contributed by atoms with E-state index in [-0.39, 0.29) is 11.5 Å². The van der Waals surface area contributed by atoms with Gasteiger partial charge in [0.1, 0.15) is 5.60 Å². The number of ether oxygens (including phenoxy) is 1. The van der Waals surface area contributed by atoms with E-state index in [2.05, 4.69) is 32.5 Å². The van der Waals surface area contributed by atoms with Gasteiger partial charge in [0.2, 0.25) is 5.95 Å². The first-order chi connectivity index (χ1) is 15.8. The van der Waals surface area contributed by atoms with Crippen LogP contribution in [-0.4, -0.2) is 51.9 Å². The molecule has 33 heavy (non-hydrogen) atoms. The molecule has 5 rings (SSSR count). The van der Waals surface area contributed by atoms with E-state index in [0.29, 0.717) is 23.7 Å². The SMILES string of the molecule is CN(C)c1ncc(N2C[C@@]3(CCC[C@](C)(Cn4cnc5ccc(C#N)cc54)C3)OC2=O)cn1. The van der Waals surface area contributed by atoms with Crippen molar-refractivity contribution in [1.82, 2.24) is 19.5 Å². The first kappa shape index (κ1) is 21.2. The number of benzene rings is 1. The van der Waals surface area contributed by atoms with Gasteiger partial charge in [0.15, 0.2) is 0 Å². The van der Waals surface area contributed by atoms with Gasteiger partial charge in [-0.05, 0) is 49.3 Å². The molecule has 3 aromatic rings. The smallest absolute Gasteiger partial charge is 0.415 e. The van der Waals surface area contributed by atoms with E-state index in [0.717, 1.165) is 43.3 Å². The van der Waals surface area contributed by atoms with Gasteiger partial charge in [-0.25, -0.2) is 19.7 Å². The number of aromatic nitrogens is 4. The molecule has 2 aromatic heterocycles. The molecule has 0 radical (unpaired) electrons. The molecule has 0 unspecified atom stereocenters. The number of nitrogens with zero attached hydrogens (tertiary/aromatic N) is 7. The number of amides is 1. The van der Waals surface area contributed by atoms with Crippen molar-refractivity contribution in [2.75, 3.05) is 30.4 Å². The van der Waals surface area contributed by atoms with Gasteiger partial charge in [0.25, 0.3) is 0 Å². The van der Waals surface area contributed by atoms with Gasteiger partial charge in [-0.15, -0.1) is 0 Å². The lowest BCUT2D eigenvalue weighted by Crippen LogP contribution is -2.45. The summed E-state index contributed by atoms with van der Waals surface area (Å²) >= 11 is 0. The Morgan fingerprint density at radius 1 is 1.21 bits per heavy atom. The van der Waals surface area contributed by atoms with E-state index in [1.54, 1.807) is 23.4 Å². The Morgan fingerprint density at radius 3 is 2.73 bits per heavy atom. The third-order valence-corrected chi connectivity index (χ3v) is 6.77. The molecule has 1 amide bonds. The van der Waals surface area contributed by atoms with Gasteiger partial charge >= 0.3 is 6.09 Å². The second-order valence-electron chi connectivity index (χ2n) is 9.80. The van der Waals surface area contributed by atoms with Crippen molar-refractivity contribution in [2.24, 2.45) is 5.41 Å². The van der Waals surface area contributed by atoms with Crippen LogP contribution in [0.15, 0.2) is 36.9 Å². The molecule has 1 saturated carbocycles. The number of fused-ring (bicyclic) bond motifs is 1. The lowest BCUT2D eigenvalue weighted by Gasteiger charge is -2.43. The lowest BCUT2D eigenvalue weighted by molar-refractivity contribution is -0.0264. The first-order valence-corrected chi connectivity index (χ1v) is 11.1. The van der Waals surface area contributed by atoms with Crippen LogP contribution in [0.2, 0.25) is 0 Å². The van der Waals surface area contributed by atoms with Crippen molar-refractivity contribution in [3.05, 3.63) is 42.5 Å². The minimum Gasteiger partial charge on any atom is -0.441 e. The Hall–Kier alpha value is -3.67. The van der Waals surface area contributed by atoms with E-state index in [1.165, 1.54) is 0 Å². The van der Waals surface area contributed by atoms with Gasteiger partial charge in [-0.1, -0.05) is 6.92 Å². The first-order valence-electron chi connectivity index (χ1n) is 11.1. The zero-order valence-corrected chi connectivity index (χ0v) is 19.2. The maximum Gasteiger partial charge on any atom is 0.415 e. The normalized spacial score (nSPS) is 24.8. The van der Waals surface area contributed by atoms with Crippen molar-refractivity contribution in [2.45, 2.75) is 44.8 Å². The number of hydrogen-bond acceptors (Lipinski definition) is 7. The van der Waals surface area contributed by atoms with Crippen molar-refractivity contribution >= 4 is 28.8 Å². The summed E-state index contributed by atoms with van der Waals surface area (Å²) in [6.07, 6.45) is 8.46. The van der Waals surface area contributed by atoms with E-state index < -0.39 is 5.60 Å². The third kappa shape index (κ3) is 3.86. The predicted molar refractivity (Wildman–Crippen MR) is 124 cm³/mol. The molecule has 2 aliphatic rings. The van der Waals surface area contributed by atoms with Crippen LogP contribution < -0.4 is 9.80 Å². The number of anilines is 2. The molecule has 1 spiro atoms. The number of nitriles is 1. The quantitative estimate of drug-likeness (QED) is 0.603. The average molecular weight is 446 g/mol. The van der Waals surface area contributed by atoms with Crippen molar-refractivity contribution in [1.29, 1.82) is 5.26 Å². The second kappa shape index (κ2) is 7.73. The Kier molecular flexibility index (Phi) is 4.96. The highest BCUT2D eigenvalue weighted by molar-refractivity contribution is 5.90. The van der Waals surface area contributed by atoms with E-state index in [1.807, 2.05) is 37.5 Å². The number of carbonyl (C=O) groups is 1. The molecule has 1 aromatic carbocycles. The molecule has 2 fully saturated rings. The van der Waals surface area contributed by atoms with Crippen LogP contribution in [-0.2, 0) is 11.3 Å². The van der Waals surface area contributed by atoms with Crippen LogP contribution in [0.3, 0.4) is 0 Å². The van der Waals surface area contributed by atoms with Gasteiger partial charge < -0.3 is 14.2 Å². The van der Waals surface area contributed by atoms with E-state index in [4.69, 9.17) is 4.74 Å². The molecule has 0 N–H and O–H groups in total. The molecule has 0 bridgehead atoms. The second-order valence-corrected chi connectivity index (χ2v) is 9.80. The monoisotopic (exact) mass is 445 g/mol. The Morgan fingerprint density at radius 2 is 2.00 bits per heavy atom. The highest BCUT2D eigenvalue weighted by atomic mass is 16.6. The fourth-order valence-corrected chi connectivity index (χ4v) is 5.32. The molecular formula is C24H27N7O2. The molecule has 9 nitrogen and oxygen atoms in total. The summed E-state index contributed by atoms with van der Waals surface area (Å²) in [6, 6.07) is 7.77. The molecule has 1 aliphatic carbocycles. The standard InChI is InChI=1S/C24H27N7O2/c1-23(14-30-16-28-19-6-5-17(10-25)9-20(19)30)7-4-8-24(13-23)15-31(22(32)33-24)18-11-26-21(27-12-18)29(2)3/h5-6,9,11-12,16H,4,7-8,13-15H2,1-3H3/t23-,24-/m0/s1. The van der Waals surface area contributed by atoms with Gasteiger partial charge in [-0.3, -0.25) is 4.90 Å². The summed E-state index contributed by atoms with van der Waals surface area (Å²) < 4.78 is 8.15. The van der Waals surface area contributed by atoms with Gasteiger partial charge in [0.05, 0.1) is 53.6 Å². The highest BCUT2D eigenvalue weighted by Gasteiger charge is 2.51. The summed E-state index contributed by atoms with van der Waals surface area (Å²) in [5.41, 5.74) is 2.51. The Balaban J connectivity index is 1.37. The van der Waals surface area contributed by atoms with E-state index >= 15 is 0 Å². The van der Waals surface area contributed by atoms with Crippen molar-refractivity contribution in [3.63, 3.8) is 0 Å². The zero-order valence-electron chi connectivity index (χ0n) is 19.2. The van der Waals surface area contributed by atoms with Crippen LogP contribution in [0.1, 0.15) is 38.2 Å². The van der Waals surface area contributed by atoms with Crippen molar-refractivity contribution in [3.8, 4) is 6.07 Å². The molecular weight excluding hydrogens is 418 g/mol. The molecule has 9 heteroatoms. The fraction of sp³-hybridized carbons (Fsp3) is 0.458. The minimum absolute atomic E-state index is 0.0733. The van der Waals surface area contributed by atoms with Crippen LogP contribution in [0, 0.1) is 16.7 Å². The molecule has 170 valence electrons. The number of carbonyl (C=O) groups excluding carboxylic acids is 1. The summed E-state index contributed by atoms with van der Waals surface area (Å²) in [6.45, 7) is 3.49. The highest BCUT2D eigenvalue weighted by Crippen LogP contribution is 2.47. The lowest BCUT2D eigenvalue weighted by atomic mass is 9.68. The van der Waals surface area contributed by atoms with Gasteiger partial charge in [0, 0.05) is 20.6 Å². The maximum atomic E-state index is 12.8. The average Bonchev–Trinajstić information content (AvgIpc) is 3.33. The third-order valence-electron chi connectivity index (χ3n) is 6.77. The summed E-state index contributed by atoms with van der Waals surface area (Å²) in [7, 11) is 3.75. The van der Waals surface area contributed by atoms with Gasteiger partial charge in [-0.2, -0.15) is 5.26 Å². The maximum absolute atomic E-state index is 12.8. The number of rotatable bonds is 4. The predicted octanol–water partition coefficient (Wildman–Crippen LogP) is 3.74. The van der Waals surface area contributed by atoms with Crippen LogP contribution in [0.5, 0.6) is 0 Å². The minimum atomic E-state index is -0.529. The molecule has 1 aliphatic heterocycles. The summed E-state index contributed by atoms with van der Waals surface area (Å²) in [4.78, 5) is 29.5. The molecule has 1 saturated heterocycles. The zero-order chi connectivity index (χ0) is 23.2. The Bertz CT molecular complexity index is 1250. The molecule has 2 atom stereocenters. The van der Waals surface area contributed by atoms with Crippen molar-refractivity contribution < 1.29 is 9.53 Å². The summed E-state index contributed by atoms with van der Waals surface area (Å²) in [5, 5.41) is 9.28.